The van der Waals surface area contributed by atoms with E-state index in [1.807, 2.05) is 25.1 Å². The standard InChI is InChI=1S/C23H28N6/c1-17-9-13-29(14-10-17)21-5-3-20(4-6-21)27-22-15-18(2)26-23(28-22)25-16-19-7-11-24-12-8-19/h3-8,11-12,15,17H,9-10,13-14,16H2,1-2H3,(H2,25,26,27,28). The lowest BCUT2D eigenvalue weighted by Crippen LogP contribution is -2.32. The van der Waals surface area contributed by atoms with E-state index in [1.165, 1.54) is 18.5 Å². The van der Waals surface area contributed by atoms with Crippen LogP contribution in [0.3, 0.4) is 0 Å². The van der Waals surface area contributed by atoms with Crippen LogP contribution in [0.5, 0.6) is 0 Å². The minimum Gasteiger partial charge on any atom is -0.372 e. The third kappa shape index (κ3) is 5.22. The third-order valence-corrected chi connectivity index (χ3v) is 5.34. The SMILES string of the molecule is Cc1cc(Nc2ccc(N3CCC(C)CC3)cc2)nc(NCc2ccncc2)n1. The Bertz CT molecular complexity index is 918. The van der Waals surface area contributed by atoms with Gasteiger partial charge in [0.25, 0.3) is 0 Å². The zero-order valence-electron chi connectivity index (χ0n) is 17.1. The van der Waals surface area contributed by atoms with Crippen molar-refractivity contribution in [3.05, 3.63) is 66.1 Å². The van der Waals surface area contributed by atoms with Crippen LogP contribution in [0.2, 0.25) is 0 Å². The molecule has 0 aliphatic carbocycles. The van der Waals surface area contributed by atoms with Gasteiger partial charge in [0.05, 0.1) is 0 Å². The van der Waals surface area contributed by atoms with E-state index in [9.17, 15) is 0 Å². The summed E-state index contributed by atoms with van der Waals surface area (Å²) in [7, 11) is 0. The summed E-state index contributed by atoms with van der Waals surface area (Å²) in [6, 6.07) is 14.5. The first-order valence-electron chi connectivity index (χ1n) is 10.3. The molecule has 2 N–H and O–H groups in total. The highest BCUT2D eigenvalue weighted by Crippen LogP contribution is 2.25. The number of anilines is 4. The lowest BCUT2D eigenvalue weighted by molar-refractivity contribution is 0.438. The summed E-state index contributed by atoms with van der Waals surface area (Å²) < 4.78 is 0. The Hall–Kier alpha value is -3.15. The number of hydrogen-bond donors (Lipinski definition) is 2. The van der Waals surface area contributed by atoms with Gasteiger partial charge in [-0.2, -0.15) is 4.98 Å². The molecular weight excluding hydrogens is 360 g/mol. The molecule has 0 bridgehead atoms. The molecule has 0 spiro atoms. The molecule has 1 aliphatic rings. The van der Waals surface area contributed by atoms with E-state index in [-0.39, 0.29) is 0 Å². The minimum atomic E-state index is 0.614. The summed E-state index contributed by atoms with van der Waals surface area (Å²) >= 11 is 0. The van der Waals surface area contributed by atoms with Crippen molar-refractivity contribution < 1.29 is 0 Å². The van der Waals surface area contributed by atoms with Gasteiger partial charge in [-0.05, 0) is 67.6 Å². The van der Waals surface area contributed by atoms with Crippen LogP contribution >= 0.6 is 0 Å². The molecule has 0 radical (unpaired) electrons. The van der Waals surface area contributed by atoms with Crippen molar-refractivity contribution in [3.8, 4) is 0 Å². The topological polar surface area (TPSA) is 66.0 Å². The Balaban J connectivity index is 1.40. The van der Waals surface area contributed by atoms with E-state index in [1.54, 1.807) is 12.4 Å². The van der Waals surface area contributed by atoms with Gasteiger partial charge in [-0.3, -0.25) is 4.98 Å². The van der Waals surface area contributed by atoms with E-state index in [4.69, 9.17) is 0 Å². The molecule has 0 saturated carbocycles. The molecule has 6 heteroatoms. The van der Waals surface area contributed by atoms with Crippen LogP contribution < -0.4 is 15.5 Å². The maximum atomic E-state index is 4.61. The lowest BCUT2D eigenvalue weighted by Gasteiger charge is -2.32. The van der Waals surface area contributed by atoms with Crippen molar-refractivity contribution in [1.29, 1.82) is 0 Å². The van der Waals surface area contributed by atoms with Crippen molar-refractivity contribution in [1.82, 2.24) is 15.0 Å². The van der Waals surface area contributed by atoms with Crippen LogP contribution in [0.15, 0.2) is 54.9 Å². The van der Waals surface area contributed by atoms with Gasteiger partial charge in [0.2, 0.25) is 5.95 Å². The summed E-state index contributed by atoms with van der Waals surface area (Å²) in [5.74, 6) is 2.24. The molecule has 29 heavy (non-hydrogen) atoms. The molecule has 4 rings (SSSR count). The highest BCUT2D eigenvalue weighted by atomic mass is 15.1. The zero-order chi connectivity index (χ0) is 20.1. The van der Waals surface area contributed by atoms with E-state index >= 15 is 0 Å². The summed E-state index contributed by atoms with van der Waals surface area (Å²) in [4.78, 5) is 15.6. The van der Waals surface area contributed by atoms with E-state index in [2.05, 4.69) is 61.7 Å². The Morgan fingerprint density at radius 2 is 1.72 bits per heavy atom. The van der Waals surface area contributed by atoms with Gasteiger partial charge in [0.15, 0.2) is 0 Å². The number of nitrogens with zero attached hydrogens (tertiary/aromatic N) is 4. The fourth-order valence-corrected chi connectivity index (χ4v) is 3.56. The van der Waals surface area contributed by atoms with Crippen LogP contribution in [0.1, 0.15) is 31.0 Å². The van der Waals surface area contributed by atoms with Crippen molar-refractivity contribution in [2.45, 2.75) is 33.2 Å². The zero-order valence-corrected chi connectivity index (χ0v) is 17.1. The van der Waals surface area contributed by atoms with Crippen molar-refractivity contribution >= 4 is 23.1 Å². The molecule has 0 unspecified atom stereocenters. The maximum Gasteiger partial charge on any atom is 0.225 e. The number of rotatable bonds is 6. The fraction of sp³-hybridized carbons (Fsp3) is 0.348. The van der Waals surface area contributed by atoms with Gasteiger partial charge in [-0.1, -0.05) is 6.92 Å². The highest BCUT2D eigenvalue weighted by Gasteiger charge is 2.15. The first-order chi connectivity index (χ1) is 14.2. The maximum absolute atomic E-state index is 4.61. The molecule has 2 aromatic heterocycles. The largest absolute Gasteiger partial charge is 0.372 e. The lowest BCUT2D eigenvalue weighted by atomic mass is 9.99. The van der Waals surface area contributed by atoms with Crippen LogP contribution in [-0.2, 0) is 6.54 Å². The second-order valence-electron chi connectivity index (χ2n) is 7.77. The molecule has 6 nitrogen and oxygen atoms in total. The molecule has 0 atom stereocenters. The summed E-state index contributed by atoms with van der Waals surface area (Å²) in [6.45, 7) is 7.27. The van der Waals surface area contributed by atoms with Gasteiger partial charge in [-0.25, -0.2) is 4.98 Å². The normalized spacial score (nSPS) is 14.6. The molecule has 1 saturated heterocycles. The summed E-state index contributed by atoms with van der Waals surface area (Å²) in [6.07, 6.45) is 6.12. The van der Waals surface area contributed by atoms with E-state index < -0.39 is 0 Å². The highest BCUT2D eigenvalue weighted by molar-refractivity contribution is 5.61. The minimum absolute atomic E-state index is 0.614. The van der Waals surface area contributed by atoms with Gasteiger partial charge in [-0.15, -0.1) is 0 Å². The average molecular weight is 389 g/mol. The van der Waals surface area contributed by atoms with Crippen LogP contribution in [-0.4, -0.2) is 28.0 Å². The number of benzene rings is 1. The number of piperidine rings is 1. The van der Waals surface area contributed by atoms with E-state index in [0.29, 0.717) is 12.5 Å². The summed E-state index contributed by atoms with van der Waals surface area (Å²) in [5, 5.41) is 6.69. The first kappa shape index (κ1) is 19.2. The van der Waals surface area contributed by atoms with Crippen molar-refractivity contribution in [3.63, 3.8) is 0 Å². The van der Waals surface area contributed by atoms with Crippen molar-refractivity contribution in [2.24, 2.45) is 5.92 Å². The molecule has 0 amide bonds. The number of aromatic nitrogens is 3. The summed E-state index contributed by atoms with van der Waals surface area (Å²) in [5.41, 5.74) is 4.37. The third-order valence-electron chi connectivity index (χ3n) is 5.34. The molecule has 150 valence electrons. The average Bonchev–Trinajstić information content (AvgIpc) is 2.74. The predicted octanol–water partition coefficient (Wildman–Crippen LogP) is 4.77. The number of hydrogen-bond acceptors (Lipinski definition) is 6. The Kier molecular flexibility index (Phi) is 5.89. The predicted molar refractivity (Wildman–Crippen MR) is 119 cm³/mol. The van der Waals surface area contributed by atoms with E-state index in [0.717, 1.165) is 41.8 Å². The Morgan fingerprint density at radius 1 is 1.00 bits per heavy atom. The molecule has 3 aromatic rings. The van der Waals surface area contributed by atoms with Crippen LogP contribution in [0, 0.1) is 12.8 Å². The monoisotopic (exact) mass is 388 g/mol. The second kappa shape index (κ2) is 8.90. The van der Waals surface area contributed by atoms with Gasteiger partial charge < -0.3 is 15.5 Å². The number of aryl methyl sites for hydroxylation is 1. The van der Waals surface area contributed by atoms with Crippen LogP contribution in [0.25, 0.3) is 0 Å². The number of pyridine rings is 1. The van der Waals surface area contributed by atoms with Gasteiger partial charge in [0.1, 0.15) is 5.82 Å². The first-order valence-corrected chi connectivity index (χ1v) is 10.3. The molecule has 1 aliphatic heterocycles. The molecule has 3 heterocycles. The second-order valence-corrected chi connectivity index (χ2v) is 7.77. The van der Waals surface area contributed by atoms with Crippen molar-refractivity contribution in [2.75, 3.05) is 28.6 Å². The quantitative estimate of drug-likeness (QED) is 0.634. The Morgan fingerprint density at radius 3 is 2.45 bits per heavy atom. The number of nitrogens with one attached hydrogen (secondary N) is 2. The van der Waals surface area contributed by atoms with Gasteiger partial charge in [0, 0.05) is 55.2 Å². The molecular formula is C23H28N6. The Labute approximate surface area is 172 Å². The fourth-order valence-electron chi connectivity index (χ4n) is 3.56. The molecule has 1 aromatic carbocycles. The molecule has 1 fully saturated rings. The smallest absolute Gasteiger partial charge is 0.225 e. The van der Waals surface area contributed by atoms with Gasteiger partial charge >= 0.3 is 0 Å². The van der Waals surface area contributed by atoms with Crippen LogP contribution in [0.4, 0.5) is 23.1 Å².